The lowest BCUT2D eigenvalue weighted by atomic mass is 9.74. The van der Waals surface area contributed by atoms with Crippen molar-refractivity contribution in [1.82, 2.24) is 14.9 Å². The van der Waals surface area contributed by atoms with E-state index in [-0.39, 0.29) is 5.91 Å². The van der Waals surface area contributed by atoms with Crippen molar-refractivity contribution in [2.24, 2.45) is 0 Å². The SMILES string of the molecule is Cc1cn(Cc2ccccc2)c2cc(C3(Cc4ccncc4)CCNC3=O)ccc12. The summed E-state index contributed by atoms with van der Waals surface area (Å²) in [7, 11) is 0. The smallest absolute Gasteiger partial charge is 0.231 e. The summed E-state index contributed by atoms with van der Waals surface area (Å²) in [6, 6.07) is 21.1. The van der Waals surface area contributed by atoms with Crippen LogP contribution in [0.1, 0.15) is 28.7 Å². The molecule has 2 aromatic heterocycles. The molecular formula is C26H25N3O. The van der Waals surface area contributed by atoms with E-state index in [1.807, 2.05) is 18.2 Å². The Bertz CT molecular complexity index is 1200. The topological polar surface area (TPSA) is 46.9 Å². The van der Waals surface area contributed by atoms with Crippen LogP contribution in [-0.4, -0.2) is 22.0 Å². The monoisotopic (exact) mass is 395 g/mol. The van der Waals surface area contributed by atoms with Crippen molar-refractivity contribution in [3.63, 3.8) is 0 Å². The molecule has 1 unspecified atom stereocenters. The van der Waals surface area contributed by atoms with Crippen LogP contribution in [0.3, 0.4) is 0 Å². The second-order valence-corrected chi connectivity index (χ2v) is 8.28. The normalized spacial score (nSPS) is 18.6. The Kier molecular flexibility index (Phi) is 4.62. The third kappa shape index (κ3) is 3.18. The molecule has 4 nitrogen and oxygen atoms in total. The molecular weight excluding hydrogens is 370 g/mol. The van der Waals surface area contributed by atoms with E-state index in [0.717, 1.165) is 24.1 Å². The van der Waals surface area contributed by atoms with E-state index in [1.54, 1.807) is 12.4 Å². The Balaban J connectivity index is 1.60. The maximum atomic E-state index is 13.1. The lowest BCUT2D eigenvalue weighted by Gasteiger charge is -2.27. The highest BCUT2D eigenvalue weighted by molar-refractivity contribution is 5.93. The largest absolute Gasteiger partial charge is 0.355 e. The van der Waals surface area contributed by atoms with Gasteiger partial charge in [0.05, 0.1) is 5.41 Å². The van der Waals surface area contributed by atoms with Crippen LogP contribution in [0.4, 0.5) is 0 Å². The van der Waals surface area contributed by atoms with Crippen LogP contribution in [0.15, 0.2) is 79.3 Å². The van der Waals surface area contributed by atoms with E-state index >= 15 is 0 Å². The molecule has 4 heteroatoms. The predicted octanol–water partition coefficient (Wildman–Crippen LogP) is 4.39. The molecule has 0 bridgehead atoms. The number of benzene rings is 2. The van der Waals surface area contributed by atoms with Gasteiger partial charge in [0.2, 0.25) is 5.91 Å². The van der Waals surface area contributed by atoms with Gasteiger partial charge < -0.3 is 9.88 Å². The summed E-state index contributed by atoms with van der Waals surface area (Å²) in [5, 5.41) is 4.32. The number of amides is 1. The number of nitrogens with one attached hydrogen (secondary N) is 1. The Morgan fingerprint density at radius 1 is 1.03 bits per heavy atom. The predicted molar refractivity (Wildman–Crippen MR) is 119 cm³/mol. The van der Waals surface area contributed by atoms with E-state index in [0.29, 0.717) is 13.0 Å². The fourth-order valence-corrected chi connectivity index (χ4v) is 4.75. The van der Waals surface area contributed by atoms with Gasteiger partial charge in [-0.2, -0.15) is 0 Å². The molecule has 30 heavy (non-hydrogen) atoms. The molecule has 0 aliphatic carbocycles. The van der Waals surface area contributed by atoms with Crippen LogP contribution in [0, 0.1) is 6.92 Å². The lowest BCUT2D eigenvalue weighted by Crippen LogP contribution is -2.37. The number of hydrogen-bond donors (Lipinski definition) is 1. The molecule has 4 aromatic rings. The molecule has 1 fully saturated rings. The average molecular weight is 396 g/mol. The third-order valence-corrected chi connectivity index (χ3v) is 6.36. The molecule has 1 saturated heterocycles. The number of pyridine rings is 1. The number of nitrogens with zero attached hydrogens (tertiary/aromatic N) is 2. The second-order valence-electron chi connectivity index (χ2n) is 8.28. The Hall–Kier alpha value is -3.40. The van der Waals surface area contributed by atoms with Gasteiger partial charge in [0.1, 0.15) is 0 Å². The highest BCUT2D eigenvalue weighted by atomic mass is 16.2. The minimum atomic E-state index is -0.536. The van der Waals surface area contributed by atoms with Gasteiger partial charge in [0, 0.05) is 42.6 Å². The van der Waals surface area contributed by atoms with Crippen molar-refractivity contribution in [2.75, 3.05) is 6.54 Å². The van der Waals surface area contributed by atoms with Crippen molar-refractivity contribution in [3.05, 3.63) is 102 Å². The first kappa shape index (κ1) is 18.6. The van der Waals surface area contributed by atoms with Crippen LogP contribution in [0.5, 0.6) is 0 Å². The van der Waals surface area contributed by atoms with Crippen molar-refractivity contribution in [2.45, 2.75) is 31.7 Å². The summed E-state index contributed by atoms with van der Waals surface area (Å²) in [6.45, 7) is 3.68. The molecule has 3 heterocycles. The van der Waals surface area contributed by atoms with Crippen LogP contribution >= 0.6 is 0 Å². The van der Waals surface area contributed by atoms with E-state index in [9.17, 15) is 4.79 Å². The summed E-state index contributed by atoms with van der Waals surface area (Å²) in [5.74, 6) is 0.122. The zero-order valence-electron chi connectivity index (χ0n) is 17.1. The molecule has 1 N–H and O–H groups in total. The summed E-state index contributed by atoms with van der Waals surface area (Å²) in [5.41, 5.74) is 5.40. The second kappa shape index (κ2) is 7.45. The maximum Gasteiger partial charge on any atom is 0.231 e. The van der Waals surface area contributed by atoms with Gasteiger partial charge in [-0.3, -0.25) is 9.78 Å². The minimum absolute atomic E-state index is 0.122. The summed E-state index contributed by atoms with van der Waals surface area (Å²) < 4.78 is 2.30. The van der Waals surface area contributed by atoms with Gasteiger partial charge in [-0.05, 0) is 60.2 Å². The standard InChI is InChI=1S/C26H25N3O/c1-19-17-29(18-21-5-3-2-4-6-21)24-15-22(7-8-23(19)24)26(11-14-28-25(26)30)16-20-9-12-27-13-10-20/h2-10,12-13,15,17H,11,14,16,18H2,1H3,(H,28,30). The number of hydrogen-bond acceptors (Lipinski definition) is 2. The van der Waals surface area contributed by atoms with Crippen LogP contribution in [0.2, 0.25) is 0 Å². The van der Waals surface area contributed by atoms with Gasteiger partial charge in [0.15, 0.2) is 0 Å². The zero-order chi connectivity index (χ0) is 20.6. The number of aromatic nitrogens is 2. The summed E-state index contributed by atoms with van der Waals surface area (Å²) >= 11 is 0. The van der Waals surface area contributed by atoms with Crippen molar-refractivity contribution < 1.29 is 4.79 Å². The van der Waals surface area contributed by atoms with Gasteiger partial charge in [-0.15, -0.1) is 0 Å². The molecule has 0 spiro atoms. The Morgan fingerprint density at radius 3 is 2.57 bits per heavy atom. The van der Waals surface area contributed by atoms with E-state index in [1.165, 1.54) is 22.0 Å². The highest BCUT2D eigenvalue weighted by Crippen LogP contribution is 2.37. The Morgan fingerprint density at radius 2 is 1.83 bits per heavy atom. The first-order valence-electron chi connectivity index (χ1n) is 10.5. The van der Waals surface area contributed by atoms with E-state index in [2.05, 4.69) is 70.5 Å². The molecule has 1 aliphatic rings. The van der Waals surface area contributed by atoms with E-state index in [4.69, 9.17) is 0 Å². The first-order valence-corrected chi connectivity index (χ1v) is 10.5. The Labute approximate surface area is 176 Å². The molecule has 1 aliphatic heterocycles. The number of rotatable bonds is 5. The third-order valence-electron chi connectivity index (χ3n) is 6.36. The van der Waals surface area contributed by atoms with Crippen LogP contribution in [-0.2, 0) is 23.2 Å². The van der Waals surface area contributed by atoms with Crippen molar-refractivity contribution >= 4 is 16.8 Å². The molecule has 1 amide bonds. The molecule has 2 aromatic carbocycles. The minimum Gasteiger partial charge on any atom is -0.355 e. The van der Waals surface area contributed by atoms with Gasteiger partial charge in [-0.25, -0.2) is 0 Å². The van der Waals surface area contributed by atoms with Crippen LogP contribution < -0.4 is 5.32 Å². The van der Waals surface area contributed by atoms with Gasteiger partial charge in [-0.1, -0.05) is 42.5 Å². The number of carbonyl (C=O) groups excluding carboxylic acids is 1. The molecule has 150 valence electrons. The fourth-order valence-electron chi connectivity index (χ4n) is 4.75. The molecule has 1 atom stereocenters. The van der Waals surface area contributed by atoms with Crippen molar-refractivity contribution in [1.29, 1.82) is 0 Å². The number of fused-ring (bicyclic) bond motifs is 1. The molecule has 5 rings (SSSR count). The van der Waals surface area contributed by atoms with Crippen LogP contribution in [0.25, 0.3) is 10.9 Å². The van der Waals surface area contributed by atoms with E-state index < -0.39 is 5.41 Å². The highest BCUT2D eigenvalue weighted by Gasteiger charge is 2.44. The number of aryl methyl sites for hydroxylation is 1. The number of carbonyl (C=O) groups is 1. The molecule has 0 radical (unpaired) electrons. The van der Waals surface area contributed by atoms with Gasteiger partial charge in [0.25, 0.3) is 0 Å². The zero-order valence-corrected chi connectivity index (χ0v) is 17.1. The molecule has 0 saturated carbocycles. The summed E-state index contributed by atoms with van der Waals surface area (Å²) in [4.78, 5) is 17.2. The maximum absolute atomic E-state index is 13.1. The quantitative estimate of drug-likeness (QED) is 0.545. The fraction of sp³-hybridized carbons (Fsp3) is 0.231. The average Bonchev–Trinajstić information content (AvgIpc) is 3.29. The lowest BCUT2D eigenvalue weighted by molar-refractivity contribution is -0.124. The summed E-state index contributed by atoms with van der Waals surface area (Å²) in [6.07, 6.45) is 7.30. The van der Waals surface area contributed by atoms with Crippen molar-refractivity contribution in [3.8, 4) is 0 Å². The van der Waals surface area contributed by atoms with Gasteiger partial charge >= 0.3 is 0 Å². The first-order chi connectivity index (χ1) is 14.7.